The molecule has 20 heavy (non-hydrogen) atoms. The lowest BCUT2D eigenvalue weighted by Gasteiger charge is -1.97. The van der Waals surface area contributed by atoms with E-state index in [0.717, 1.165) is 5.56 Å². The fraction of sp³-hybridized carbons (Fsp3) is 0.0714. The maximum Gasteiger partial charge on any atom is 0.356 e. The predicted octanol–water partition coefficient (Wildman–Crippen LogP) is 2.91. The van der Waals surface area contributed by atoms with Crippen LogP contribution in [0, 0.1) is 0 Å². The number of aromatic nitrogens is 3. The summed E-state index contributed by atoms with van der Waals surface area (Å²) < 4.78 is 1.67. The second-order valence-electron chi connectivity index (χ2n) is 4.24. The van der Waals surface area contributed by atoms with Gasteiger partial charge in [-0.15, -0.1) is 11.3 Å². The summed E-state index contributed by atoms with van der Waals surface area (Å²) in [4.78, 5) is 16.2. The summed E-state index contributed by atoms with van der Waals surface area (Å²) in [6.07, 6.45) is 1.80. The Morgan fingerprint density at radius 3 is 2.60 bits per heavy atom. The van der Waals surface area contributed by atoms with Crippen molar-refractivity contribution in [3.8, 4) is 21.1 Å². The molecule has 0 aliphatic rings. The van der Waals surface area contributed by atoms with E-state index in [1.165, 1.54) is 11.3 Å². The summed E-state index contributed by atoms with van der Waals surface area (Å²) in [5.41, 5.74) is 1.61. The van der Waals surface area contributed by atoms with E-state index in [4.69, 9.17) is 0 Å². The number of hydrogen-bond acceptors (Lipinski definition) is 4. The van der Waals surface area contributed by atoms with E-state index >= 15 is 0 Å². The minimum atomic E-state index is -1.03. The molecule has 3 aromatic rings. The van der Waals surface area contributed by atoms with Crippen LogP contribution in [-0.2, 0) is 7.05 Å². The molecule has 3 rings (SSSR count). The Morgan fingerprint density at radius 1 is 1.25 bits per heavy atom. The van der Waals surface area contributed by atoms with Crippen molar-refractivity contribution in [2.45, 2.75) is 0 Å². The number of benzene rings is 1. The summed E-state index contributed by atoms with van der Waals surface area (Å²) in [5, 5.41) is 14.2. The molecule has 2 heterocycles. The lowest BCUT2D eigenvalue weighted by molar-refractivity contribution is 0.0692. The Kier molecular flexibility index (Phi) is 3.08. The second kappa shape index (κ2) is 4.90. The van der Waals surface area contributed by atoms with E-state index in [2.05, 4.69) is 10.1 Å². The normalized spacial score (nSPS) is 10.7. The van der Waals surface area contributed by atoms with Crippen molar-refractivity contribution in [2.24, 2.45) is 7.05 Å². The predicted molar refractivity (Wildman–Crippen MR) is 76.7 cm³/mol. The van der Waals surface area contributed by atoms with Gasteiger partial charge in [0, 0.05) is 13.2 Å². The zero-order valence-corrected chi connectivity index (χ0v) is 11.5. The molecule has 0 unspecified atom stereocenters. The fourth-order valence-corrected chi connectivity index (χ4v) is 2.92. The van der Waals surface area contributed by atoms with Gasteiger partial charge < -0.3 is 5.11 Å². The van der Waals surface area contributed by atoms with E-state index in [1.807, 2.05) is 43.4 Å². The number of aryl methyl sites for hydroxylation is 1. The molecule has 0 bridgehead atoms. The molecule has 0 saturated heterocycles. The van der Waals surface area contributed by atoms with Crippen molar-refractivity contribution < 1.29 is 9.90 Å². The van der Waals surface area contributed by atoms with E-state index in [-0.39, 0.29) is 5.69 Å². The summed E-state index contributed by atoms with van der Waals surface area (Å²) >= 11 is 1.34. The number of thiazole rings is 1. The van der Waals surface area contributed by atoms with E-state index in [1.54, 1.807) is 10.9 Å². The van der Waals surface area contributed by atoms with Crippen LogP contribution < -0.4 is 0 Å². The summed E-state index contributed by atoms with van der Waals surface area (Å²) in [7, 11) is 1.81. The van der Waals surface area contributed by atoms with Crippen LogP contribution in [0.3, 0.4) is 0 Å². The van der Waals surface area contributed by atoms with Gasteiger partial charge in [-0.25, -0.2) is 9.78 Å². The van der Waals surface area contributed by atoms with Crippen LogP contribution in [0.5, 0.6) is 0 Å². The van der Waals surface area contributed by atoms with E-state index in [9.17, 15) is 9.90 Å². The van der Waals surface area contributed by atoms with Gasteiger partial charge in [-0.3, -0.25) is 4.68 Å². The molecule has 0 spiro atoms. The highest BCUT2D eigenvalue weighted by Gasteiger charge is 2.20. The van der Waals surface area contributed by atoms with Crippen LogP contribution in [0.15, 0.2) is 42.6 Å². The van der Waals surface area contributed by atoms with E-state index < -0.39 is 5.97 Å². The fourth-order valence-electron chi connectivity index (χ4n) is 1.89. The number of aromatic carboxylic acids is 1. The highest BCUT2D eigenvalue weighted by molar-refractivity contribution is 7.18. The first kappa shape index (κ1) is 12.6. The summed E-state index contributed by atoms with van der Waals surface area (Å²) in [6, 6.07) is 11.2. The Bertz CT molecular complexity index is 762. The number of hydrogen-bond donors (Lipinski definition) is 1. The highest BCUT2D eigenvalue weighted by Crippen LogP contribution is 2.34. The van der Waals surface area contributed by atoms with Crippen LogP contribution in [-0.4, -0.2) is 25.8 Å². The number of nitrogens with zero attached hydrogens (tertiary/aromatic N) is 3. The van der Waals surface area contributed by atoms with Crippen molar-refractivity contribution in [1.29, 1.82) is 0 Å². The third kappa shape index (κ3) is 2.21. The largest absolute Gasteiger partial charge is 0.476 e. The molecule has 1 N–H and O–H groups in total. The molecule has 0 aliphatic heterocycles. The molecule has 0 radical (unpaired) electrons. The van der Waals surface area contributed by atoms with Crippen molar-refractivity contribution in [1.82, 2.24) is 14.8 Å². The maximum atomic E-state index is 11.4. The van der Waals surface area contributed by atoms with Crippen molar-refractivity contribution in [3.05, 3.63) is 48.3 Å². The van der Waals surface area contributed by atoms with Gasteiger partial charge in [-0.05, 0) is 11.6 Å². The molecule has 6 heteroatoms. The van der Waals surface area contributed by atoms with Crippen molar-refractivity contribution in [3.63, 3.8) is 0 Å². The first-order valence-corrected chi connectivity index (χ1v) is 6.76. The van der Waals surface area contributed by atoms with Gasteiger partial charge in [0.1, 0.15) is 10.7 Å². The zero-order valence-electron chi connectivity index (χ0n) is 10.6. The molecule has 5 nitrogen and oxygen atoms in total. The Hall–Kier alpha value is -2.47. The van der Waals surface area contributed by atoms with E-state index in [0.29, 0.717) is 15.6 Å². The topological polar surface area (TPSA) is 68.0 Å². The van der Waals surface area contributed by atoms with Crippen LogP contribution in [0.1, 0.15) is 10.5 Å². The third-order valence-electron chi connectivity index (χ3n) is 2.80. The SMILES string of the molecule is Cn1ccc(-c2nc(C(=O)O)c(-c3ccccc3)s2)n1. The standard InChI is InChI=1S/C14H11N3O2S/c1-17-8-7-10(16-17)13-15-11(14(18)19)12(20-13)9-5-3-2-4-6-9/h2-8H,1H3,(H,18,19). The smallest absolute Gasteiger partial charge is 0.356 e. The monoisotopic (exact) mass is 285 g/mol. The molecule has 0 saturated carbocycles. The second-order valence-corrected chi connectivity index (χ2v) is 5.24. The Morgan fingerprint density at radius 2 is 2.00 bits per heavy atom. The van der Waals surface area contributed by atoms with Gasteiger partial charge >= 0.3 is 5.97 Å². The minimum absolute atomic E-state index is 0.0712. The minimum Gasteiger partial charge on any atom is -0.476 e. The van der Waals surface area contributed by atoms with Crippen molar-refractivity contribution in [2.75, 3.05) is 0 Å². The maximum absolute atomic E-state index is 11.4. The van der Waals surface area contributed by atoms with Crippen LogP contribution in [0.2, 0.25) is 0 Å². The van der Waals surface area contributed by atoms with Crippen molar-refractivity contribution >= 4 is 17.3 Å². The Labute approximate surface area is 119 Å². The molecular weight excluding hydrogens is 274 g/mol. The zero-order chi connectivity index (χ0) is 14.1. The van der Waals surface area contributed by atoms with Gasteiger partial charge in [0.15, 0.2) is 5.69 Å². The van der Waals surface area contributed by atoms with Gasteiger partial charge in [-0.2, -0.15) is 5.10 Å². The molecule has 2 aromatic heterocycles. The van der Waals surface area contributed by atoms with Gasteiger partial charge in [0.25, 0.3) is 0 Å². The average Bonchev–Trinajstić information content (AvgIpc) is 3.05. The Balaban J connectivity index is 2.15. The number of rotatable bonds is 3. The van der Waals surface area contributed by atoms with Gasteiger partial charge in [0.2, 0.25) is 0 Å². The van der Waals surface area contributed by atoms with Crippen LogP contribution in [0.25, 0.3) is 21.1 Å². The summed E-state index contributed by atoms with van der Waals surface area (Å²) in [6.45, 7) is 0. The van der Waals surface area contributed by atoms with Gasteiger partial charge in [-0.1, -0.05) is 30.3 Å². The third-order valence-corrected chi connectivity index (χ3v) is 3.93. The van der Waals surface area contributed by atoms with Crippen LogP contribution in [0.4, 0.5) is 0 Å². The molecule has 1 aromatic carbocycles. The number of carboxylic acids is 1. The molecule has 100 valence electrons. The highest BCUT2D eigenvalue weighted by atomic mass is 32.1. The lowest BCUT2D eigenvalue weighted by atomic mass is 10.1. The number of carbonyl (C=O) groups is 1. The molecule has 0 aliphatic carbocycles. The summed E-state index contributed by atoms with van der Waals surface area (Å²) in [5.74, 6) is -1.03. The first-order valence-electron chi connectivity index (χ1n) is 5.94. The average molecular weight is 285 g/mol. The lowest BCUT2D eigenvalue weighted by Crippen LogP contribution is -1.98. The molecule has 0 fully saturated rings. The van der Waals surface area contributed by atoms with Gasteiger partial charge in [0.05, 0.1) is 4.88 Å². The molecule has 0 atom stereocenters. The quantitative estimate of drug-likeness (QED) is 0.803. The molecular formula is C14H11N3O2S. The molecule has 0 amide bonds. The van der Waals surface area contributed by atoms with Crippen LogP contribution >= 0.6 is 11.3 Å². The first-order chi connectivity index (χ1) is 9.65. The number of carboxylic acid groups (broad SMARTS) is 1.